The van der Waals surface area contributed by atoms with Crippen molar-refractivity contribution in [2.75, 3.05) is 32.7 Å². The summed E-state index contributed by atoms with van der Waals surface area (Å²) < 4.78 is 5.70. The molecule has 2 aliphatic rings. The van der Waals surface area contributed by atoms with Gasteiger partial charge in [0.1, 0.15) is 0 Å². The van der Waals surface area contributed by atoms with E-state index in [-0.39, 0.29) is 24.1 Å². The molecule has 2 saturated heterocycles. The molecule has 3 unspecified atom stereocenters. The molecule has 7 nitrogen and oxygen atoms in total. The summed E-state index contributed by atoms with van der Waals surface area (Å²) in [7, 11) is 0. The minimum Gasteiger partial charge on any atom is -0.372 e. The lowest BCUT2D eigenvalue weighted by Crippen LogP contribution is -2.48. The van der Waals surface area contributed by atoms with Crippen LogP contribution in [0, 0.1) is 0 Å². The lowest BCUT2D eigenvalue weighted by Gasteiger charge is -2.35. The summed E-state index contributed by atoms with van der Waals surface area (Å²) in [6, 6.07) is 7.98. The standard InChI is InChI=1S/C24H38N4O3/c1-18-7-4-5-13-27(18)14-6-12-25-24(30)26-15-21-8-10-22(11-9-21)23(29)28-16-19(2)31-20(3)17-28/h8-11,18-20H,4-7,12-17H2,1-3H3,(H2,25,26,30). The minimum atomic E-state index is -0.150. The Kier molecular flexibility index (Phi) is 8.72. The van der Waals surface area contributed by atoms with Crippen LogP contribution < -0.4 is 10.6 Å². The van der Waals surface area contributed by atoms with E-state index in [1.807, 2.05) is 43.0 Å². The van der Waals surface area contributed by atoms with E-state index in [9.17, 15) is 9.59 Å². The fourth-order valence-electron chi connectivity index (χ4n) is 4.51. The van der Waals surface area contributed by atoms with Crippen LogP contribution in [0.15, 0.2) is 24.3 Å². The van der Waals surface area contributed by atoms with Gasteiger partial charge in [0, 0.05) is 44.3 Å². The largest absolute Gasteiger partial charge is 0.372 e. The number of morpholine rings is 1. The molecule has 2 heterocycles. The van der Waals surface area contributed by atoms with Crippen molar-refractivity contribution in [3.05, 3.63) is 35.4 Å². The Labute approximate surface area is 186 Å². The highest BCUT2D eigenvalue weighted by molar-refractivity contribution is 5.94. The highest BCUT2D eigenvalue weighted by Gasteiger charge is 2.26. The fourth-order valence-corrected chi connectivity index (χ4v) is 4.51. The molecule has 172 valence electrons. The second kappa shape index (κ2) is 11.5. The zero-order chi connectivity index (χ0) is 22.2. The van der Waals surface area contributed by atoms with Gasteiger partial charge < -0.3 is 25.2 Å². The third-order valence-corrected chi connectivity index (χ3v) is 6.21. The number of hydrogen-bond acceptors (Lipinski definition) is 4. The summed E-state index contributed by atoms with van der Waals surface area (Å²) >= 11 is 0. The number of carbonyl (C=O) groups excluding carboxylic acids is 2. The van der Waals surface area contributed by atoms with Gasteiger partial charge in [0.2, 0.25) is 0 Å². The van der Waals surface area contributed by atoms with Crippen LogP contribution in [0.5, 0.6) is 0 Å². The monoisotopic (exact) mass is 430 g/mol. The molecule has 0 aliphatic carbocycles. The van der Waals surface area contributed by atoms with Crippen LogP contribution in [0.4, 0.5) is 4.79 Å². The number of nitrogens with one attached hydrogen (secondary N) is 2. The molecule has 0 aromatic heterocycles. The Bertz CT molecular complexity index is 714. The molecule has 0 saturated carbocycles. The van der Waals surface area contributed by atoms with E-state index in [4.69, 9.17) is 4.74 Å². The van der Waals surface area contributed by atoms with Crippen molar-refractivity contribution >= 4 is 11.9 Å². The van der Waals surface area contributed by atoms with Crippen LogP contribution in [0.1, 0.15) is 62.4 Å². The van der Waals surface area contributed by atoms with Crippen molar-refractivity contribution in [3.8, 4) is 0 Å². The number of ether oxygens (including phenoxy) is 1. The van der Waals surface area contributed by atoms with E-state index >= 15 is 0 Å². The molecule has 2 aliphatic heterocycles. The second-order valence-corrected chi connectivity index (χ2v) is 9.01. The molecule has 0 spiro atoms. The molecule has 3 rings (SSSR count). The average molecular weight is 431 g/mol. The molecule has 0 bridgehead atoms. The summed E-state index contributed by atoms with van der Waals surface area (Å²) in [5, 5.41) is 5.83. The first-order chi connectivity index (χ1) is 14.9. The van der Waals surface area contributed by atoms with Crippen LogP contribution in [0.2, 0.25) is 0 Å². The predicted octanol–water partition coefficient (Wildman–Crippen LogP) is 3.00. The van der Waals surface area contributed by atoms with E-state index < -0.39 is 0 Å². The third kappa shape index (κ3) is 7.21. The van der Waals surface area contributed by atoms with Gasteiger partial charge in [-0.05, 0) is 64.3 Å². The number of rotatable bonds is 7. The van der Waals surface area contributed by atoms with Gasteiger partial charge in [0.25, 0.3) is 5.91 Å². The second-order valence-electron chi connectivity index (χ2n) is 9.01. The molecular formula is C24H38N4O3. The quantitative estimate of drug-likeness (QED) is 0.652. The lowest BCUT2D eigenvalue weighted by atomic mass is 10.0. The molecular weight excluding hydrogens is 392 g/mol. The topological polar surface area (TPSA) is 73.9 Å². The van der Waals surface area contributed by atoms with E-state index in [1.165, 1.54) is 25.8 Å². The molecule has 1 aromatic carbocycles. The number of piperidine rings is 1. The lowest BCUT2D eigenvalue weighted by molar-refractivity contribution is -0.0586. The summed E-state index contributed by atoms with van der Waals surface area (Å²) in [6.07, 6.45) is 4.97. The first kappa shape index (κ1) is 23.5. The highest BCUT2D eigenvalue weighted by Crippen LogP contribution is 2.16. The van der Waals surface area contributed by atoms with Crippen LogP contribution in [0.25, 0.3) is 0 Å². The predicted molar refractivity (Wildman–Crippen MR) is 122 cm³/mol. The van der Waals surface area contributed by atoms with Gasteiger partial charge in [0.05, 0.1) is 12.2 Å². The van der Waals surface area contributed by atoms with Gasteiger partial charge in [-0.1, -0.05) is 18.6 Å². The Balaban J connectivity index is 1.35. The van der Waals surface area contributed by atoms with Gasteiger partial charge in [-0.3, -0.25) is 4.79 Å². The van der Waals surface area contributed by atoms with Gasteiger partial charge in [0.15, 0.2) is 0 Å². The van der Waals surface area contributed by atoms with Crippen molar-refractivity contribution in [3.63, 3.8) is 0 Å². The third-order valence-electron chi connectivity index (χ3n) is 6.21. The normalized spacial score (nSPS) is 24.6. The first-order valence-electron chi connectivity index (χ1n) is 11.7. The molecule has 0 radical (unpaired) electrons. The zero-order valence-corrected chi connectivity index (χ0v) is 19.2. The molecule has 1 aromatic rings. The summed E-state index contributed by atoms with van der Waals surface area (Å²) in [5.74, 6) is 0.0299. The molecule has 2 fully saturated rings. The molecule has 3 amide bonds. The Morgan fingerprint density at radius 3 is 2.42 bits per heavy atom. The van der Waals surface area contributed by atoms with Crippen LogP contribution in [0.3, 0.4) is 0 Å². The number of carbonyl (C=O) groups is 2. The Hall–Kier alpha value is -2.12. The van der Waals surface area contributed by atoms with Crippen molar-refractivity contribution < 1.29 is 14.3 Å². The van der Waals surface area contributed by atoms with Crippen molar-refractivity contribution in [2.45, 2.75) is 71.2 Å². The number of nitrogens with zero attached hydrogens (tertiary/aromatic N) is 2. The number of benzene rings is 1. The van der Waals surface area contributed by atoms with Crippen molar-refractivity contribution in [1.29, 1.82) is 0 Å². The summed E-state index contributed by atoms with van der Waals surface area (Å²) in [6.45, 7) is 10.8. The Morgan fingerprint density at radius 2 is 1.74 bits per heavy atom. The molecule has 2 N–H and O–H groups in total. The smallest absolute Gasteiger partial charge is 0.315 e. The van der Waals surface area contributed by atoms with Gasteiger partial charge in [-0.25, -0.2) is 4.79 Å². The van der Waals surface area contributed by atoms with Gasteiger partial charge in [-0.15, -0.1) is 0 Å². The minimum absolute atomic E-state index is 0.0299. The SMILES string of the molecule is CC1CN(C(=O)c2ccc(CNC(=O)NCCCN3CCCCC3C)cc2)CC(C)O1. The number of likely N-dealkylation sites (tertiary alicyclic amines) is 1. The summed E-state index contributed by atoms with van der Waals surface area (Å²) in [5.41, 5.74) is 1.64. The maximum absolute atomic E-state index is 12.7. The highest BCUT2D eigenvalue weighted by atomic mass is 16.5. The van der Waals surface area contributed by atoms with E-state index in [2.05, 4.69) is 22.5 Å². The van der Waals surface area contributed by atoms with Crippen molar-refractivity contribution in [2.24, 2.45) is 0 Å². The molecule has 3 atom stereocenters. The fraction of sp³-hybridized carbons (Fsp3) is 0.667. The maximum atomic E-state index is 12.7. The average Bonchev–Trinajstić information content (AvgIpc) is 2.75. The van der Waals surface area contributed by atoms with Crippen molar-refractivity contribution in [1.82, 2.24) is 20.4 Å². The van der Waals surface area contributed by atoms with Crippen LogP contribution in [-0.2, 0) is 11.3 Å². The zero-order valence-electron chi connectivity index (χ0n) is 19.2. The maximum Gasteiger partial charge on any atom is 0.315 e. The van der Waals surface area contributed by atoms with Crippen LogP contribution >= 0.6 is 0 Å². The summed E-state index contributed by atoms with van der Waals surface area (Å²) in [4.78, 5) is 29.2. The number of amides is 3. The molecule has 31 heavy (non-hydrogen) atoms. The molecule has 7 heteroatoms. The number of urea groups is 1. The van der Waals surface area contributed by atoms with Gasteiger partial charge >= 0.3 is 6.03 Å². The Morgan fingerprint density at radius 1 is 1.03 bits per heavy atom. The van der Waals surface area contributed by atoms with E-state index in [1.54, 1.807) is 0 Å². The van der Waals surface area contributed by atoms with E-state index in [0.717, 1.165) is 18.5 Å². The first-order valence-corrected chi connectivity index (χ1v) is 11.7. The number of hydrogen-bond donors (Lipinski definition) is 2. The van der Waals surface area contributed by atoms with E-state index in [0.29, 0.717) is 37.8 Å². The van der Waals surface area contributed by atoms with Crippen LogP contribution in [-0.4, -0.2) is 72.7 Å². The van der Waals surface area contributed by atoms with Gasteiger partial charge in [-0.2, -0.15) is 0 Å².